The first-order chi connectivity index (χ1) is 9.99. The summed E-state index contributed by atoms with van der Waals surface area (Å²) < 4.78 is 0. The highest BCUT2D eigenvalue weighted by molar-refractivity contribution is 6.42. The number of halogens is 3. The van der Waals surface area contributed by atoms with Crippen LogP contribution in [0, 0.1) is 0 Å². The van der Waals surface area contributed by atoms with Crippen LogP contribution in [0.2, 0.25) is 10.0 Å². The zero-order valence-electron chi connectivity index (χ0n) is 11.3. The van der Waals surface area contributed by atoms with Gasteiger partial charge in [0.25, 0.3) is 0 Å². The topological polar surface area (TPSA) is 29.1 Å². The molecule has 2 aromatic carbocycles. The first kappa shape index (κ1) is 16.2. The average molecular weight is 343 g/mol. The first-order valence-electron chi connectivity index (χ1n) is 6.43. The van der Waals surface area contributed by atoms with Crippen LogP contribution in [-0.2, 0) is 4.79 Å². The standard InChI is InChI=1S/C16H14Cl3NO/c1-10(12-7-8-13(17)14(18)9-12)20-16(21)15(19)11-5-3-2-4-6-11/h2-10,15H,1H3,(H,20,21). The molecule has 0 saturated carbocycles. The molecular formula is C16H14Cl3NO. The smallest absolute Gasteiger partial charge is 0.243 e. The minimum atomic E-state index is -0.726. The number of hydrogen-bond acceptors (Lipinski definition) is 1. The molecule has 0 bridgehead atoms. The molecule has 0 fully saturated rings. The largest absolute Gasteiger partial charge is 0.348 e. The number of carbonyl (C=O) groups excluding carboxylic acids is 1. The van der Waals surface area contributed by atoms with Crippen molar-refractivity contribution in [3.05, 3.63) is 69.7 Å². The van der Waals surface area contributed by atoms with Crippen LogP contribution in [0.25, 0.3) is 0 Å². The molecule has 1 N–H and O–H groups in total. The molecule has 2 atom stereocenters. The molecule has 2 aromatic rings. The number of amides is 1. The molecule has 110 valence electrons. The van der Waals surface area contributed by atoms with Crippen molar-refractivity contribution >= 4 is 40.7 Å². The second-order valence-corrected chi connectivity index (χ2v) is 5.93. The van der Waals surface area contributed by atoms with Gasteiger partial charge in [-0.05, 0) is 30.2 Å². The Morgan fingerprint density at radius 2 is 1.67 bits per heavy atom. The van der Waals surface area contributed by atoms with E-state index in [2.05, 4.69) is 5.32 Å². The number of benzene rings is 2. The first-order valence-corrected chi connectivity index (χ1v) is 7.62. The summed E-state index contributed by atoms with van der Waals surface area (Å²) in [6, 6.07) is 14.3. The lowest BCUT2D eigenvalue weighted by Crippen LogP contribution is -2.29. The maximum absolute atomic E-state index is 12.2. The second kappa shape index (κ2) is 7.17. The Morgan fingerprint density at radius 1 is 1.00 bits per heavy atom. The Hall–Kier alpha value is -1.22. The highest BCUT2D eigenvalue weighted by atomic mass is 35.5. The molecule has 2 nitrogen and oxygen atoms in total. The van der Waals surface area contributed by atoms with Crippen LogP contribution in [0.1, 0.15) is 29.5 Å². The molecule has 0 aliphatic carbocycles. The van der Waals surface area contributed by atoms with E-state index < -0.39 is 5.38 Å². The summed E-state index contributed by atoms with van der Waals surface area (Å²) >= 11 is 18.0. The van der Waals surface area contributed by atoms with E-state index in [1.165, 1.54) is 0 Å². The number of nitrogens with one attached hydrogen (secondary N) is 1. The number of hydrogen-bond donors (Lipinski definition) is 1. The minimum Gasteiger partial charge on any atom is -0.348 e. The summed E-state index contributed by atoms with van der Waals surface area (Å²) in [5.41, 5.74) is 1.63. The normalized spacial score (nSPS) is 13.5. The fourth-order valence-corrected chi connectivity index (χ4v) is 2.44. The van der Waals surface area contributed by atoms with Crippen LogP contribution in [-0.4, -0.2) is 5.91 Å². The van der Waals surface area contributed by atoms with Crippen molar-refractivity contribution in [2.24, 2.45) is 0 Å². The van der Waals surface area contributed by atoms with Crippen LogP contribution in [0.15, 0.2) is 48.5 Å². The highest BCUT2D eigenvalue weighted by Gasteiger charge is 2.19. The predicted molar refractivity (Wildman–Crippen MR) is 88.1 cm³/mol. The molecule has 5 heteroatoms. The lowest BCUT2D eigenvalue weighted by molar-refractivity contribution is -0.121. The van der Waals surface area contributed by atoms with E-state index in [9.17, 15) is 4.79 Å². The Bertz CT molecular complexity index is 631. The maximum Gasteiger partial charge on any atom is 0.243 e. The number of rotatable bonds is 4. The average Bonchev–Trinajstić information content (AvgIpc) is 2.50. The Labute approximate surface area is 139 Å². The van der Waals surface area contributed by atoms with Gasteiger partial charge in [-0.15, -0.1) is 11.6 Å². The third-order valence-electron chi connectivity index (χ3n) is 3.12. The summed E-state index contributed by atoms with van der Waals surface area (Å²) in [7, 11) is 0. The van der Waals surface area contributed by atoms with E-state index >= 15 is 0 Å². The van der Waals surface area contributed by atoms with Crippen LogP contribution < -0.4 is 5.32 Å². The van der Waals surface area contributed by atoms with Crippen molar-refractivity contribution in [1.29, 1.82) is 0 Å². The monoisotopic (exact) mass is 341 g/mol. The molecule has 0 aromatic heterocycles. The third kappa shape index (κ3) is 4.13. The van der Waals surface area contributed by atoms with E-state index in [1.54, 1.807) is 12.1 Å². The van der Waals surface area contributed by atoms with Gasteiger partial charge in [0.2, 0.25) is 5.91 Å². The molecule has 1 amide bonds. The van der Waals surface area contributed by atoms with Gasteiger partial charge in [-0.1, -0.05) is 59.6 Å². The van der Waals surface area contributed by atoms with Crippen molar-refractivity contribution < 1.29 is 4.79 Å². The van der Waals surface area contributed by atoms with Crippen LogP contribution in [0.5, 0.6) is 0 Å². The van der Waals surface area contributed by atoms with Crippen molar-refractivity contribution in [1.82, 2.24) is 5.32 Å². The lowest BCUT2D eigenvalue weighted by Gasteiger charge is -2.17. The highest BCUT2D eigenvalue weighted by Crippen LogP contribution is 2.26. The van der Waals surface area contributed by atoms with Gasteiger partial charge in [0, 0.05) is 0 Å². The summed E-state index contributed by atoms with van der Waals surface area (Å²) in [5, 5.41) is 3.09. The molecule has 0 spiro atoms. The van der Waals surface area contributed by atoms with E-state index in [1.807, 2.05) is 43.3 Å². The Morgan fingerprint density at radius 3 is 2.29 bits per heavy atom. The van der Waals surface area contributed by atoms with Gasteiger partial charge in [0.1, 0.15) is 5.38 Å². The fraction of sp³-hybridized carbons (Fsp3) is 0.188. The van der Waals surface area contributed by atoms with Crippen molar-refractivity contribution in [2.45, 2.75) is 18.3 Å². The van der Waals surface area contributed by atoms with E-state index in [4.69, 9.17) is 34.8 Å². The van der Waals surface area contributed by atoms with Crippen LogP contribution in [0.4, 0.5) is 0 Å². The number of carbonyl (C=O) groups is 1. The van der Waals surface area contributed by atoms with E-state index in [0.29, 0.717) is 10.0 Å². The van der Waals surface area contributed by atoms with E-state index in [-0.39, 0.29) is 11.9 Å². The molecule has 2 unspecified atom stereocenters. The van der Waals surface area contributed by atoms with Crippen molar-refractivity contribution in [3.8, 4) is 0 Å². The Balaban J connectivity index is 2.06. The zero-order valence-corrected chi connectivity index (χ0v) is 13.6. The number of alkyl halides is 1. The third-order valence-corrected chi connectivity index (χ3v) is 4.31. The van der Waals surface area contributed by atoms with E-state index in [0.717, 1.165) is 11.1 Å². The lowest BCUT2D eigenvalue weighted by atomic mass is 10.1. The molecule has 0 saturated heterocycles. The van der Waals surface area contributed by atoms with Gasteiger partial charge >= 0.3 is 0 Å². The molecule has 0 radical (unpaired) electrons. The molecule has 0 aliphatic rings. The summed E-state index contributed by atoms with van der Waals surface area (Å²) in [6.45, 7) is 1.87. The molecular weight excluding hydrogens is 329 g/mol. The molecule has 0 aliphatic heterocycles. The van der Waals surface area contributed by atoms with Gasteiger partial charge in [0.15, 0.2) is 0 Å². The summed E-state index contributed by atoms with van der Waals surface area (Å²) in [4.78, 5) is 12.2. The summed E-state index contributed by atoms with van der Waals surface area (Å²) in [6.07, 6.45) is 0. The van der Waals surface area contributed by atoms with Gasteiger partial charge in [-0.25, -0.2) is 0 Å². The Kier molecular flexibility index (Phi) is 5.51. The predicted octanol–water partition coefficient (Wildman–Crippen LogP) is 5.15. The van der Waals surface area contributed by atoms with Crippen LogP contribution in [0.3, 0.4) is 0 Å². The maximum atomic E-state index is 12.2. The molecule has 0 heterocycles. The second-order valence-electron chi connectivity index (χ2n) is 4.68. The van der Waals surface area contributed by atoms with Crippen molar-refractivity contribution in [2.75, 3.05) is 0 Å². The SMILES string of the molecule is CC(NC(=O)C(Cl)c1ccccc1)c1ccc(Cl)c(Cl)c1. The molecule has 2 rings (SSSR count). The molecule has 21 heavy (non-hydrogen) atoms. The fourth-order valence-electron chi connectivity index (χ4n) is 1.92. The van der Waals surface area contributed by atoms with Crippen molar-refractivity contribution in [3.63, 3.8) is 0 Å². The van der Waals surface area contributed by atoms with Gasteiger partial charge in [-0.3, -0.25) is 4.79 Å². The quantitative estimate of drug-likeness (QED) is 0.765. The van der Waals surface area contributed by atoms with Gasteiger partial charge in [-0.2, -0.15) is 0 Å². The van der Waals surface area contributed by atoms with Gasteiger partial charge < -0.3 is 5.32 Å². The minimum absolute atomic E-state index is 0.211. The summed E-state index contributed by atoms with van der Waals surface area (Å²) in [5.74, 6) is -0.249. The zero-order chi connectivity index (χ0) is 15.4. The van der Waals surface area contributed by atoms with Gasteiger partial charge in [0.05, 0.1) is 16.1 Å². The van der Waals surface area contributed by atoms with Crippen LogP contribution >= 0.6 is 34.8 Å².